The molecule has 1 N–H and O–H groups in total. The van der Waals surface area contributed by atoms with Crippen LogP contribution in [0, 0.1) is 11.7 Å². The molecule has 1 heterocycles. The fourth-order valence-corrected chi connectivity index (χ4v) is 2.17. The standard InChI is InChI=1S/C14H17ClFNO/c1-9(2)7-17-4-3-10-8-18-14-12(10)5-11(16)6-13(14)15/h5-6,8-9,17H,3-4,7H2,1-2H3. The molecule has 2 rings (SSSR count). The van der Waals surface area contributed by atoms with Gasteiger partial charge in [-0.15, -0.1) is 0 Å². The van der Waals surface area contributed by atoms with Gasteiger partial charge in [0, 0.05) is 5.39 Å². The van der Waals surface area contributed by atoms with Crippen molar-refractivity contribution in [2.45, 2.75) is 20.3 Å². The zero-order chi connectivity index (χ0) is 13.1. The molecular formula is C14H17ClFNO. The third-order valence-electron chi connectivity index (χ3n) is 2.80. The summed E-state index contributed by atoms with van der Waals surface area (Å²) in [7, 11) is 0. The van der Waals surface area contributed by atoms with Gasteiger partial charge in [-0.05, 0) is 43.1 Å². The van der Waals surface area contributed by atoms with Gasteiger partial charge >= 0.3 is 0 Å². The Morgan fingerprint density at radius 2 is 2.17 bits per heavy atom. The van der Waals surface area contributed by atoms with Crippen molar-refractivity contribution in [2.24, 2.45) is 5.92 Å². The number of nitrogens with one attached hydrogen (secondary N) is 1. The Morgan fingerprint density at radius 1 is 1.39 bits per heavy atom. The summed E-state index contributed by atoms with van der Waals surface area (Å²) < 4.78 is 18.7. The van der Waals surface area contributed by atoms with Crippen molar-refractivity contribution in [3.8, 4) is 0 Å². The maximum atomic E-state index is 13.3. The minimum absolute atomic E-state index is 0.325. The second-order valence-electron chi connectivity index (χ2n) is 4.87. The zero-order valence-electron chi connectivity index (χ0n) is 10.6. The lowest BCUT2D eigenvalue weighted by molar-refractivity contribution is 0.552. The van der Waals surface area contributed by atoms with Crippen LogP contribution in [0.5, 0.6) is 0 Å². The molecule has 1 aromatic carbocycles. The van der Waals surface area contributed by atoms with Crippen molar-refractivity contribution in [1.29, 1.82) is 0 Å². The van der Waals surface area contributed by atoms with Crippen LogP contribution in [-0.2, 0) is 6.42 Å². The van der Waals surface area contributed by atoms with Gasteiger partial charge in [0.2, 0.25) is 0 Å². The van der Waals surface area contributed by atoms with Gasteiger partial charge in [-0.3, -0.25) is 0 Å². The first-order valence-corrected chi connectivity index (χ1v) is 6.51. The van der Waals surface area contributed by atoms with Crippen molar-refractivity contribution in [3.05, 3.63) is 34.8 Å². The van der Waals surface area contributed by atoms with Gasteiger partial charge in [0.05, 0.1) is 11.3 Å². The van der Waals surface area contributed by atoms with Gasteiger partial charge < -0.3 is 9.73 Å². The smallest absolute Gasteiger partial charge is 0.152 e. The Labute approximate surface area is 111 Å². The summed E-state index contributed by atoms with van der Waals surface area (Å²) in [6, 6.07) is 2.75. The molecule has 18 heavy (non-hydrogen) atoms. The molecule has 0 spiro atoms. The first kappa shape index (κ1) is 13.4. The summed E-state index contributed by atoms with van der Waals surface area (Å²) >= 11 is 5.93. The first-order chi connectivity index (χ1) is 8.58. The number of hydrogen-bond donors (Lipinski definition) is 1. The van der Waals surface area contributed by atoms with Crippen molar-refractivity contribution < 1.29 is 8.81 Å². The fraction of sp³-hybridized carbons (Fsp3) is 0.429. The summed E-state index contributed by atoms with van der Waals surface area (Å²) in [6.45, 7) is 6.15. The lowest BCUT2D eigenvalue weighted by Gasteiger charge is -2.06. The zero-order valence-corrected chi connectivity index (χ0v) is 11.4. The number of halogens is 2. The second-order valence-corrected chi connectivity index (χ2v) is 5.28. The molecule has 1 aromatic heterocycles. The molecule has 0 unspecified atom stereocenters. The van der Waals surface area contributed by atoms with Crippen molar-refractivity contribution in [1.82, 2.24) is 5.32 Å². The molecule has 0 saturated heterocycles. The van der Waals surface area contributed by atoms with E-state index < -0.39 is 0 Å². The van der Waals surface area contributed by atoms with Crippen LogP contribution in [0.4, 0.5) is 4.39 Å². The van der Waals surface area contributed by atoms with E-state index in [1.165, 1.54) is 12.1 Å². The third-order valence-corrected chi connectivity index (χ3v) is 3.08. The molecule has 2 aromatic rings. The van der Waals surface area contributed by atoms with Gasteiger partial charge in [0.1, 0.15) is 5.82 Å². The SMILES string of the molecule is CC(C)CNCCc1coc2c(Cl)cc(F)cc12. The highest BCUT2D eigenvalue weighted by molar-refractivity contribution is 6.34. The van der Waals surface area contributed by atoms with Crippen molar-refractivity contribution in [3.63, 3.8) is 0 Å². The van der Waals surface area contributed by atoms with Crippen LogP contribution in [0.3, 0.4) is 0 Å². The monoisotopic (exact) mass is 269 g/mol. The summed E-state index contributed by atoms with van der Waals surface area (Å²) in [6.07, 6.45) is 2.46. The highest BCUT2D eigenvalue weighted by Crippen LogP contribution is 2.29. The number of hydrogen-bond acceptors (Lipinski definition) is 2. The highest BCUT2D eigenvalue weighted by atomic mass is 35.5. The molecule has 0 atom stereocenters. The maximum Gasteiger partial charge on any atom is 0.152 e. The van der Waals surface area contributed by atoms with Crippen LogP contribution < -0.4 is 5.32 Å². The van der Waals surface area contributed by atoms with Crippen LogP contribution in [-0.4, -0.2) is 13.1 Å². The van der Waals surface area contributed by atoms with E-state index >= 15 is 0 Å². The molecule has 0 radical (unpaired) electrons. The lowest BCUT2D eigenvalue weighted by atomic mass is 10.1. The quantitative estimate of drug-likeness (QED) is 0.830. The average Bonchev–Trinajstić information content (AvgIpc) is 2.67. The van der Waals surface area contributed by atoms with E-state index in [1.54, 1.807) is 6.26 Å². The molecule has 0 aliphatic carbocycles. The highest BCUT2D eigenvalue weighted by Gasteiger charge is 2.10. The molecule has 0 aliphatic rings. The Balaban J connectivity index is 2.09. The lowest BCUT2D eigenvalue weighted by Crippen LogP contribution is -2.21. The van der Waals surface area contributed by atoms with Crippen LogP contribution >= 0.6 is 11.6 Å². The number of fused-ring (bicyclic) bond motifs is 1. The van der Waals surface area contributed by atoms with E-state index in [4.69, 9.17) is 16.0 Å². The number of rotatable bonds is 5. The third kappa shape index (κ3) is 3.03. The summed E-state index contributed by atoms with van der Waals surface area (Å²) in [5.41, 5.74) is 1.56. The summed E-state index contributed by atoms with van der Waals surface area (Å²) in [5.74, 6) is 0.295. The molecule has 4 heteroatoms. The predicted molar refractivity (Wildman–Crippen MR) is 72.6 cm³/mol. The number of benzene rings is 1. The molecule has 0 aliphatic heterocycles. The van der Waals surface area contributed by atoms with E-state index in [0.717, 1.165) is 30.5 Å². The Bertz CT molecular complexity index is 536. The van der Waals surface area contributed by atoms with E-state index in [0.29, 0.717) is 16.5 Å². The van der Waals surface area contributed by atoms with Gasteiger partial charge in [-0.2, -0.15) is 0 Å². The van der Waals surface area contributed by atoms with Gasteiger partial charge in [-0.1, -0.05) is 25.4 Å². The van der Waals surface area contributed by atoms with Crippen molar-refractivity contribution in [2.75, 3.05) is 13.1 Å². The molecule has 0 amide bonds. The Hall–Kier alpha value is -1.06. The average molecular weight is 270 g/mol. The minimum Gasteiger partial charge on any atom is -0.462 e. The van der Waals surface area contributed by atoms with Gasteiger partial charge in [0.25, 0.3) is 0 Å². The predicted octanol–water partition coefficient (Wildman–Crippen LogP) is 4.01. The van der Waals surface area contributed by atoms with E-state index in [2.05, 4.69) is 19.2 Å². The largest absolute Gasteiger partial charge is 0.462 e. The molecule has 0 bridgehead atoms. The summed E-state index contributed by atoms with van der Waals surface area (Å²) in [4.78, 5) is 0. The van der Waals surface area contributed by atoms with Crippen LogP contribution in [0.15, 0.2) is 22.8 Å². The number of furan rings is 1. The van der Waals surface area contributed by atoms with E-state index in [1.807, 2.05) is 0 Å². The second kappa shape index (κ2) is 5.72. The van der Waals surface area contributed by atoms with Crippen LogP contribution in [0.1, 0.15) is 19.4 Å². The molecule has 0 fully saturated rings. The minimum atomic E-state index is -0.328. The summed E-state index contributed by atoms with van der Waals surface area (Å²) in [5, 5.41) is 4.44. The van der Waals surface area contributed by atoms with Crippen LogP contribution in [0.25, 0.3) is 11.0 Å². The Morgan fingerprint density at radius 3 is 2.89 bits per heavy atom. The first-order valence-electron chi connectivity index (χ1n) is 6.13. The molecular weight excluding hydrogens is 253 g/mol. The van der Waals surface area contributed by atoms with Crippen molar-refractivity contribution >= 4 is 22.6 Å². The van der Waals surface area contributed by atoms with Crippen LogP contribution in [0.2, 0.25) is 5.02 Å². The van der Waals surface area contributed by atoms with E-state index in [-0.39, 0.29) is 5.82 Å². The van der Waals surface area contributed by atoms with E-state index in [9.17, 15) is 4.39 Å². The molecule has 0 saturated carbocycles. The molecule has 2 nitrogen and oxygen atoms in total. The fourth-order valence-electron chi connectivity index (χ4n) is 1.92. The topological polar surface area (TPSA) is 25.2 Å². The molecule has 98 valence electrons. The maximum absolute atomic E-state index is 13.3. The van der Waals surface area contributed by atoms with Gasteiger partial charge in [0.15, 0.2) is 5.58 Å². The normalized spacial score (nSPS) is 11.6. The Kier molecular flexibility index (Phi) is 4.25. The van der Waals surface area contributed by atoms with Gasteiger partial charge in [-0.25, -0.2) is 4.39 Å².